The smallest absolute Gasteiger partial charge is 0.165 e. The fourth-order valence-corrected chi connectivity index (χ4v) is 4.46. The molecule has 1 aliphatic heterocycles. The largest absolute Gasteiger partial charge is 0.390 e. The van der Waals surface area contributed by atoms with E-state index in [2.05, 4.69) is 42.3 Å². The van der Waals surface area contributed by atoms with Crippen molar-refractivity contribution in [1.29, 1.82) is 0 Å². The van der Waals surface area contributed by atoms with Crippen molar-refractivity contribution in [3.63, 3.8) is 0 Å². The van der Waals surface area contributed by atoms with Gasteiger partial charge in [-0.3, -0.25) is 0 Å². The minimum absolute atomic E-state index is 0.289. The summed E-state index contributed by atoms with van der Waals surface area (Å²) in [6.07, 6.45) is 3.93. The van der Waals surface area contributed by atoms with Crippen LogP contribution in [-0.2, 0) is 19.8 Å². The van der Waals surface area contributed by atoms with Crippen molar-refractivity contribution in [1.82, 2.24) is 0 Å². The molecule has 33 heavy (non-hydrogen) atoms. The minimum Gasteiger partial charge on any atom is -0.390 e. The highest BCUT2D eigenvalue weighted by atomic mass is 16.8. The van der Waals surface area contributed by atoms with Crippen molar-refractivity contribution >= 4 is 0 Å². The fourth-order valence-electron chi connectivity index (χ4n) is 4.46. The third kappa shape index (κ3) is 4.88. The molecule has 0 unspecified atom stereocenters. The topological polar surface area (TPSA) is 47.9 Å². The number of aliphatic hydroxyl groups is 1. The highest BCUT2D eigenvalue weighted by molar-refractivity contribution is 5.47. The Balaban J connectivity index is 1.65. The van der Waals surface area contributed by atoms with Gasteiger partial charge in [-0.15, -0.1) is 6.42 Å². The van der Waals surface area contributed by atoms with Crippen LogP contribution < -0.4 is 0 Å². The van der Waals surface area contributed by atoms with E-state index in [0.717, 1.165) is 16.7 Å². The van der Waals surface area contributed by atoms with Gasteiger partial charge >= 0.3 is 0 Å². The zero-order valence-electron chi connectivity index (χ0n) is 19.1. The number of rotatable bonds is 8. The maximum atomic E-state index is 10.9. The van der Waals surface area contributed by atoms with E-state index < -0.39 is 29.7 Å². The van der Waals surface area contributed by atoms with Crippen molar-refractivity contribution in [3.05, 3.63) is 108 Å². The van der Waals surface area contributed by atoms with Crippen LogP contribution in [0.3, 0.4) is 0 Å². The maximum Gasteiger partial charge on any atom is 0.165 e. The quantitative estimate of drug-likeness (QED) is 0.398. The van der Waals surface area contributed by atoms with Gasteiger partial charge < -0.3 is 19.3 Å². The van der Waals surface area contributed by atoms with E-state index in [-0.39, 0.29) is 6.61 Å². The first kappa shape index (κ1) is 23.2. The van der Waals surface area contributed by atoms with Gasteiger partial charge in [-0.1, -0.05) is 96.9 Å². The number of ether oxygens (including phenoxy) is 3. The molecule has 170 valence electrons. The Hall–Kier alpha value is -2.94. The van der Waals surface area contributed by atoms with Crippen molar-refractivity contribution in [2.24, 2.45) is 0 Å². The Labute approximate surface area is 196 Å². The Morgan fingerprint density at radius 1 is 0.879 bits per heavy atom. The molecule has 0 amide bonds. The first-order chi connectivity index (χ1) is 16.0. The standard InChI is InChI=1S/C29H30O4/c1-4-26-27(33-28(2,3)32-26)25(30)20-21-31-29(22-14-8-5-9-15-22,23-16-10-6-11-17-23)24-18-12-7-13-19-24/h1,5-19,25-27,30H,20-21H2,2-3H3/t25-,26+,27-/m0/s1. The van der Waals surface area contributed by atoms with Gasteiger partial charge in [0.15, 0.2) is 5.79 Å². The van der Waals surface area contributed by atoms with Crippen LogP contribution in [0.4, 0.5) is 0 Å². The van der Waals surface area contributed by atoms with Crippen LogP contribution in [0.1, 0.15) is 37.0 Å². The Morgan fingerprint density at radius 3 is 1.76 bits per heavy atom. The van der Waals surface area contributed by atoms with Gasteiger partial charge in [0.1, 0.15) is 17.8 Å². The monoisotopic (exact) mass is 442 g/mol. The van der Waals surface area contributed by atoms with Gasteiger partial charge in [-0.2, -0.15) is 0 Å². The van der Waals surface area contributed by atoms with E-state index in [9.17, 15) is 5.11 Å². The first-order valence-corrected chi connectivity index (χ1v) is 11.3. The fraction of sp³-hybridized carbons (Fsp3) is 0.310. The molecule has 1 heterocycles. The van der Waals surface area contributed by atoms with Gasteiger partial charge in [0.05, 0.1) is 12.7 Å². The molecule has 3 aromatic carbocycles. The van der Waals surface area contributed by atoms with Crippen molar-refractivity contribution in [2.75, 3.05) is 6.61 Å². The van der Waals surface area contributed by atoms with Crippen LogP contribution in [0.15, 0.2) is 91.0 Å². The lowest BCUT2D eigenvalue weighted by Crippen LogP contribution is -2.38. The maximum absolute atomic E-state index is 10.9. The number of benzene rings is 3. The van der Waals surface area contributed by atoms with Crippen LogP contribution >= 0.6 is 0 Å². The predicted octanol–water partition coefficient (Wildman–Crippen LogP) is 4.90. The van der Waals surface area contributed by atoms with Crippen molar-refractivity contribution < 1.29 is 19.3 Å². The molecule has 0 radical (unpaired) electrons. The predicted molar refractivity (Wildman–Crippen MR) is 128 cm³/mol. The first-order valence-electron chi connectivity index (χ1n) is 11.3. The summed E-state index contributed by atoms with van der Waals surface area (Å²) in [4.78, 5) is 0. The Kier molecular flexibility index (Phi) is 6.97. The Morgan fingerprint density at radius 2 is 1.33 bits per heavy atom. The number of aliphatic hydroxyl groups excluding tert-OH is 1. The van der Waals surface area contributed by atoms with E-state index in [1.165, 1.54) is 0 Å². The molecule has 0 spiro atoms. The molecular weight excluding hydrogens is 412 g/mol. The average Bonchev–Trinajstić information content (AvgIpc) is 3.18. The molecule has 4 heteroatoms. The summed E-state index contributed by atoms with van der Waals surface area (Å²) < 4.78 is 18.3. The van der Waals surface area contributed by atoms with Crippen LogP contribution in [0.5, 0.6) is 0 Å². The SMILES string of the molecule is C#C[C@H]1OC(C)(C)O[C@H]1[C@@H](O)CCOC(c1ccccc1)(c1ccccc1)c1ccccc1. The molecule has 0 aliphatic carbocycles. The summed E-state index contributed by atoms with van der Waals surface area (Å²) in [7, 11) is 0. The van der Waals surface area contributed by atoms with E-state index >= 15 is 0 Å². The van der Waals surface area contributed by atoms with Gasteiger partial charge in [0.2, 0.25) is 0 Å². The van der Waals surface area contributed by atoms with Crippen LogP contribution in [0, 0.1) is 12.3 Å². The zero-order chi connectivity index (χ0) is 23.3. The molecule has 4 rings (SSSR count). The second-order valence-electron chi connectivity index (χ2n) is 8.67. The second-order valence-corrected chi connectivity index (χ2v) is 8.67. The van der Waals surface area contributed by atoms with Crippen molar-refractivity contribution in [3.8, 4) is 12.3 Å². The molecule has 3 atom stereocenters. The van der Waals surface area contributed by atoms with Gasteiger partial charge in [0, 0.05) is 0 Å². The minimum atomic E-state index is -0.832. The van der Waals surface area contributed by atoms with Gasteiger partial charge in [0.25, 0.3) is 0 Å². The lowest BCUT2D eigenvalue weighted by molar-refractivity contribution is -0.155. The van der Waals surface area contributed by atoms with Crippen LogP contribution in [0.2, 0.25) is 0 Å². The lowest BCUT2D eigenvalue weighted by atomic mass is 9.80. The molecule has 1 N–H and O–H groups in total. The zero-order valence-corrected chi connectivity index (χ0v) is 19.1. The number of terminal acetylenes is 1. The van der Waals surface area contributed by atoms with Crippen molar-refractivity contribution in [2.45, 2.75) is 50.0 Å². The summed E-state index contributed by atoms with van der Waals surface area (Å²) in [6.45, 7) is 3.88. The highest BCUT2D eigenvalue weighted by Gasteiger charge is 2.44. The summed E-state index contributed by atoms with van der Waals surface area (Å²) >= 11 is 0. The second kappa shape index (κ2) is 9.91. The summed E-state index contributed by atoms with van der Waals surface area (Å²) in [5, 5.41) is 10.9. The molecule has 1 saturated heterocycles. The molecule has 3 aromatic rings. The van der Waals surface area contributed by atoms with Gasteiger partial charge in [-0.05, 0) is 37.0 Å². The summed E-state index contributed by atoms with van der Waals surface area (Å²) in [6, 6.07) is 30.5. The third-order valence-electron chi connectivity index (χ3n) is 5.95. The molecular formula is C29H30O4. The van der Waals surface area contributed by atoms with E-state index in [1.807, 2.05) is 54.6 Å². The number of hydrogen-bond acceptors (Lipinski definition) is 4. The van der Waals surface area contributed by atoms with E-state index in [4.69, 9.17) is 20.6 Å². The molecule has 1 fully saturated rings. The molecule has 0 saturated carbocycles. The van der Waals surface area contributed by atoms with Gasteiger partial charge in [-0.25, -0.2) is 0 Å². The normalized spacial score (nSPS) is 20.8. The average molecular weight is 443 g/mol. The molecule has 1 aliphatic rings. The molecule has 0 bridgehead atoms. The van der Waals surface area contributed by atoms with E-state index in [0.29, 0.717) is 6.42 Å². The summed E-state index contributed by atoms with van der Waals surface area (Å²) in [5.74, 6) is 1.76. The Bertz CT molecular complexity index is 960. The van der Waals surface area contributed by atoms with Crippen LogP contribution in [-0.4, -0.2) is 35.8 Å². The third-order valence-corrected chi connectivity index (χ3v) is 5.95. The molecule has 4 nitrogen and oxygen atoms in total. The summed E-state index contributed by atoms with van der Waals surface area (Å²) in [5.41, 5.74) is 2.21. The van der Waals surface area contributed by atoms with E-state index in [1.54, 1.807) is 13.8 Å². The van der Waals surface area contributed by atoms with Crippen LogP contribution in [0.25, 0.3) is 0 Å². The molecule has 0 aromatic heterocycles. The number of hydrogen-bond donors (Lipinski definition) is 1. The lowest BCUT2D eigenvalue weighted by Gasteiger charge is -2.36. The highest BCUT2D eigenvalue weighted by Crippen LogP contribution is 2.40.